The number of benzene rings is 1. The Hall–Kier alpha value is -0.810. The lowest BCUT2D eigenvalue weighted by Crippen LogP contribution is -2.42. The Morgan fingerprint density at radius 1 is 1.45 bits per heavy atom. The smallest absolute Gasteiger partial charge is 0.119 e. The fourth-order valence-corrected chi connectivity index (χ4v) is 2.39. The molecule has 20 heavy (non-hydrogen) atoms. The first kappa shape index (κ1) is 15.6. The van der Waals surface area contributed by atoms with Gasteiger partial charge in [-0.15, -0.1) is 0 Å². The molecule has 0 saturated carbocycles. The summed E-state index contributed by atoms with van der Waals surface area (Å²) in [6.07, 6.45) is 1.76. The number of nitrogens with one attached hydrogen (secondary N) is 1. The number of aliphatic hydroxyl groups is 1. The highest BCUT2D eigenvalue weighted by atomic mass is 35.5. The molecule has 0 bridgehead atoms. The van der Waals surface area contributed by atoms with Crippen LogP contribution < -0.4 is 10.1 Å². The van der Waals surface area contributed by atoms with Crippen LogP contribution in [0.4, 0.5) is 0 Å². The average molecular weight is 300 g/mol. The Kier molecular flexibility index (Phi) is 6.10. The molecule has 2 N–H and O–H groups in total. The van der Waals surface area contributed by atoms with Crippen LogP contribution in [0, 0.1) is 0 Å². The highest BCUT2D eigenvalue weighted by molar-refractivity contribution is 6.30. The van der Waals surface area contributed by atoms with E-state index in [4.69, 9.17) is 21.1 Å². The molecule has 1 aliphatic heterocycles. The van der Waals surface area contributed by atoms with Crippen LogP contribution >= 0.6 is 11.6 Å². The molecule has 0 amide bonds. The van der Waals surface area contributed by atoms with Crippen LogP contribution in [0.3, 0.4) is 0 Å². The molecule has 5 heteroatoms. The minimum atomic E-state index is -0.524. The minimum absolute atomic E-state index is 0.271. The van der Waals surface area contributed by atoms with Gasteiger partial charge in [0.2, 0.25) is 0 Å². The van der Waals surface area contributed by atoms with E-state index in [1.54, 1.807) is 24.3 Å². The van der Waals surface area contributed by atoms with Crippen molar-refractivity contribution in [2.24, 2.45) is 0 Å². The molecule has 2 rings (SSSR count). The van der Waals surface area contributed by atoms with Crippen molar-refractivity contribution in [1.82, 2.24) is 5.32 Å². The third kappa shape index (κ3) is 5.29. The average Bonchev–Trinajstić information content (AvgIpc) is 2.45. The zero-order valence-corrected chi connectivity index (χ0v) is 12.5. The van der Waals surface area contributed by atoms with Crippen LogP contribution in [0.15, 0.2) is 24.3 Å². The number of aliphatic hydroxyl groups excluding tert-OH is 1. The summed E-state index contributed by atoms with van der Waals surface area (Å²) in [5.74, 6) is 0.716. The minimum Gasteiger partial charge on any atom is -0.491 e. The Labute approximate surface area is 125 Å². The molecule has 1 aliphatic rings. The second kappa shape index (κ2) is 7.84. The molecule has 1 fully saturated rings. The molecule has 1 aromatic carbocycles. The van der Waals surface area contributed by atoms with Crippen LogP contribution in [0.1, 0.15) is 19.8 Å². The van der Waals surface area contributed by atoms with Crippen molar-refractivity contribution in [3.05, 3.63) is 29.3 Å². The van der Waals surface area contributed by atoms with Crippen molar-refractivity contribution in [1.29, 1.82) is 0 Å². The van der Waals surface area contributed by atoms with Gasteiger partial charge < -0.3 is 19.9 Å². The lowest BCUT2D eigenvalue weighted by Gasteiger charge is -2.28. The summed E-state index contributed by atoms with van der Waals surface area (Å²) < 4.78 is 11.0. The molecule has 3 atom stereocenters. The van der Waals surface area contributed by atoms with E-state index in [1.807, 2.05) is 0 Å². The zero-order chi connectivity index (χ0) is 14.4. The van der Waals surface area contributed by atoms with E-state index in [2.05, 4.69) is 12.2 Å². The summed E-state index contributed by atoms with van der Waals surface area (Å²) in [6, 6.07) is 7.55. The van der Waals surface area contributed by atoms with E-state index in [0.717, 1.165) is 19.4 Å². The molecule has 4 nitrogen and oxygen atoms in total. The van der Waals surface area contributed by atoms with E-state index in [-0.39, 0.29) is 6.61 Å². The molecule has 3 unspecified atom stereocenters. The largest absolute Gasteiger partial charge is 0.491 e. The van der Waals surface area contributed by atoms with Crippen LogP contribution in [-0.4, -0.2) is 43.1 Å². The topological polar surface area (TPSA) is 50.7 Å². The van der Waals surface area contributed by atoms with Gasteiger partial charge in [0.25, 0.3) is 0 Å². The maximum atomic E-state index is 9.92. The highest BCUT2D eigenvalue weighted by Gasteiger charge is 2.19. The number of hydrogen-bond donors (Lipinski definition) is 2. The quantitative estimate of drug-likeness (QED) is 0.846. The summed E-state index contributed by atoms with van der Waals surface area (Å²) in [6.45, 7) is 3.67. The van der Waals surface area contributed by atoms with Crippen LogP contribution in [-0.2, 0) is 4.74 Å². The third-order valence-corrected chi connectivity index (χ3v) is 3.64. The maximum absolute atomic E-state index is 9.92. The van der Waals surface area contributed by atoms with Crippen molar-refractivity contribution in [3.8, 4) is 5.75 Å². The van der Waals surface area contributed by atoms with Crippen molar-refractivity contribution in [2.45, 2.75) is 38.0 Å². The summed E-state index contributed by atoms with van der Waals surface area (Å²) in [5.41, 5.74) is 0. The highest BCUT2D eigenvalue weighted by Crippen LogP contribution is 2.16. The first-order valence-electron chi connectivity index (χ1n) is 7.05. The Bertz CT molecular complexity index is 399. The van der Waals surface area contributed by atoms with Crippen molar-refractivity contribution in [2.75, 3.05) is 19.8 Å². The first-order valence-corrected chi connectivity index (χ1v) is 7.42. The second-order valence-corrected chi connectivity index (χ2v) is 5.67. The lowest BCUT2D eigenvalue weighted by atomic mass is 10.0. The fraction of sp³-hybridized carbons (Fsp3) is 0.600. The van der Waals surface area contributed by atoms with Gasteiger partial charge in [-0.3, -0.25) is 0 Å². The third-order valence-electron chi connectivity index (χ3n) is 3.38. The Morgan fingerprint density at radius 2 is 2.20 bits per heavy atom. The van der Waals surface area contributed by atoms with Gasteiger partial charge in [-0.05, 0) is 44.0 Å². The van der Waals surface area contributed by atoms with Gasteiger partial charge in [-0.2, -0.15) is 0 Å². The maximum Gasteiger partial charge on any atom is 0.119 e. The molecule has 1 heterocycles. The van der Waals surface area contributed by atoms with Gasteiger partial charge in [0.1, 0.15) is 18.5 Å². The number of ether oxygens (including phenoxy) is 2. The Morgan fingerprint density at radius 3 is 2.90 bits per heavy atom. The zero-order valence-electron chi connectivity index (χ0n) is 11.7. The Balaban J connectivity index is 1.65. The number of halogens is 1. The van der Waals surface area contributed by atoms with E-state index in [0.29, 0.717) is 29.5 Å². The molecule has 0 spiro atoms. The van der Waals surface area contributed by atoms with Crippen LogP contribution in [0.25, 0.3) is 0 Å². The summed E-state index contributed by atoms with van der Waals surface area (Å²) in [7, 11) is 0. The molecule has 112 valence electrons. The molecule has 0 aliphatic carbocycles. The predicted molar refractivity (Wildman–Crippen MR) is 79.4 cm³/mol. The molecule has 1 saturated heterocycles. The SMILES string of the molecule is CC1CC(NCC(O)COc2ccc(Cl)cc2)CCO1. The van der Waals surface area contributed by atoms with Gasteiger partial charge >= 0.3 is 0 Å². The van der Waals surface area contributed by atoms with Gasteiger partial charge in [-0.25, -0.2) is 0 Å². The molecular formula is C15H22ClNO3. The summed E-state index contributed by atoms with van der Waals surface area (Å²) >= 11 is 5.80. The van der Waals surface area contributed by atoms with Crippen molar-refractivity contribution in [3.63, 3.8) is 0 Å². The first-order chi connectivity index (χ1) is 9.63. The number of rotatable bonds is 6. The van der Waals surface area contributed by atoms with E-state index < -0.39 is 6.10 Å². The van der Waals surface area contributed by atoms with Gasteiger partial charge in [0, 0.05) is 24.2 Å². The van der Waals surface area contributed by atoms with Crippen molar-refractivity contribution < 1.29 is 14.6 Å². The van der Waals surface area contributed by atoms with E-state index in [9.17, 15) is 5.11 Å². The normalized spacial score (nSPS) is 24.4. The van der Waals surface area contributed by atoms with Crippen LogP contribution in [0.5, 0.6) is 5.75 Å². The van der Waals surface area contributed by atoms with Gasteiger partial charge in [0.05, 0.1) is 6.10 Å². The summed E-state index contributed by atoms with van der Waals surface area (Å²) in [5, 5.41) is 14.0. The van der Waals surface area contributed by atoms with E-state index in [1.165, 1.54) is 0 Å². The molecule has 0 aromatic heterocycles. The van der Waals surface area contributed by atoms with E-state index >= 15 is 0 Å². The summed E-state index contributed by atoms with van der Waals surface area (Å²) in [4.78, 5) is 0. The van der Waals surface area contributed by atoms with Gasteiger partial charge in [0.15, 0.2) is 0 Å². The standard InChI is InChI=1S/C15H22ClNO3/c1-11-8-13(6-7-19-11)17-9-14(18)10-20-15-4-2-12(16)3-5-15/h2-5,11,13-14,17-18H,6-10H2,1H3. The van der Waals surface area contributed by atoms with Crippen LogP contribution in [0.2, 0.25) is 5.02 Å². The van der Waals surface area contributed by atoms with Crippen molar-refractivity contribution >= 4 is 11.6 Å². The predicted octanol–water partition coefficient (Wildman–Crippen LogP) is 2.24. The molecular weight excluding hydrogens is 278 g/mol. The fourth-order valence-electron chi connectivity index (χ4n) is 2.27. The monoisotopic (exact) mass is 299 g/mol. The van der Waals surface area contributed by atoms with Gasteiger partial charge in [-0.1, -0.05) is 11.6 Å². The number of hydrogen-bond acceptors (Lipinski definition) is 4. The molecule has 1 aromatic rings. The molecule has 0 radical (unpaired) electrons. The lowest BCUT2D eigenvalue weighted by molar-refractivity contribution is 0.00966. The second-order valence-electron chi connectivity index (χ2n) is 5.23.